The maximum Gasteiger partial charge on any atom is 0.161 e. The third-order valence-electron chi connectivity index (χ3n) is 2.59. The zero-order valence-electron chi connectivity index (χ0n) is 9.06. The molecule has 1 aliphatic heterocycles. The molecule has 4 nitrogen and oxygen atoms in total. The number of ether oxygens (including phenoxy) is 2. The summed E-state index contributed by atoms with van der Waals surface area (Å²) in [6, 6.07) is 5.44. The van der Waals surface area contributed by atoms with Gasteiger partial charge in [-0.3, -0.25) is 0 Å². The van der Waals surface area contributed by atoms with Crippen molar-refractivity contribution in [2.24, 2.45) is 0 Å². The Labute approximate surface area is 94.4 Å². The average Bonchev–Trinajstić information content (AvgIpc) is 2.35. The van der Waals surface area contributed by atoms with E-state index in [2.05, 4.69) is 0 Å². The molecule has 0 aromatic heterocycles. The summed E-state index contributed by atoms with van der Waals surface area (Å²) in [6.45, 7) is 1.21. The second kappa shape index (κ2) is 5.18. The van der Waals surface area contributed by atoms with Gasteiger partial charge < -0.3 is 19.7 Å². The smallest absolute Gasteiger partial charge is 0.161 e. The van der Waals surface area contributed by atoms with Gasteiger partial charge >= 0.3 is 0 Å². The highest BCUT2D eigenvalue weighted by molar-refractivity contribution is 5.44. The van der Waals surface area contributed by atoms with Crippen LogP contribution in [0.5, 0.6) is 11.5 Å². The largest absolute Gasteiger partial charge is 0.486 e. The molecule has 0 amide bonds. The minimum Gasteiger partial charge on any atom is -0.486 e. The average molecular weight is 224 g/mol. The van der Waals surface area contributed by atoms with Crippen LogP contribution in [0, 0.1) is 0 Å². The summed E-state index contributed by atoms with van der Waals surface area (Å²) in [4.78, 5) is 0. The van der Waals surface area contributed by atoms with Crippen molar-refractivity contribution in [1.82, 2.24) is 0 Å². The first kappa shape index (κ1) is 11.2. The van der Waals surface area contributed by atoms with Crippen molar-refractivity contribution >= 4 is 0 Å². The normalized spacial score (nSPS) is 15.9. The van der Waals surface area contributed by atoms with Crippen LogP contribution in [-0.2, 0) is 0 Å². The van der Waals surface area contributed by atoms with E-state index in [1.807, 2.05) is 12.1 Å². The van der Waals surface area contributed by atoms with Gasteiger partial charge in [0.15, 0.2) is 11.5 Å². The topological polar surface area (TPSA) is 58.9 Å². The standard InChI is InChI=1S/C12H16O4/c13-5-1-2-10(14)9-3-4-11-12(8-9)16-7-6-15-11/h3-4,8,10,13-14H,1-2,5-7H2. The fourth-order valence-corrected chi connectivity index (χ4v) is 1.72. The summed E-state index contributed by atoms with van der Waals surface area (Å²) in [5, 5.41) is 18.5. The molecule has 0 saturated heterocycles. The monoisotopic (exact) mass is 224 g/mol. The van der Waals surface area contributed by atoms with Gasteiger partial charge in [0.2, 0.25) is 0 Å². The Bertz CT molecular complexity index is 351. The van der Waals surface area contributed by atoms with Gasteiger partial charge in [0.25, 0.3) is 0 Å². The van der Waals surface area contributed by atoms with E-state index in [1.165, 1.54) is 0 Å². The lowest BCUT2D eigenvalue weighted by molar-refractivity contribution is 0.148. The molecule has 1 aromatic carbocycles. The number of hydrogen-bond acceptors (Lipinski definition) is 4. The van der Waals surface area contributed by atoms with Crippen molar-refractivity contribution in [1.29, 1.82) is 0 Å². The van der Waals surface area contributed by atoms with Crippen molar-refractivity contribution in [3.05, 3.63) is 23.8 Å². The molecule has 1 unspecified atom stereocenters. The van der Waals surface area contributed by atoms with Crippen LogP contribution in [0.25, 0.3) is 0 Å². The predicted octanol–water partition coefficient (Wildman–Crippen LogP) is 1.26. The van der Waals surface area contributed by atoms with E-state index in [1.54, 1.807) is 6.07 Å². The highest BCUT2D eigenvalue weighted by atomic mass is 16.6. The second-order valence-corrected chi connectivity index (χ2v) is 3.78. The van der Waals surface area contributed by atoms with Crippen LogP contribution < -0.4 is 9.47 Å². The van der Waals surface area contributed by atoms with E-state index in [0.29, 0.717) is 31.8 Å². The lowest BCUT2D eigenvalue weighted by Crippen LogP contribution is -2.15. The first-order chi connectivity index (χ1) is 7.81. The molecule has 1 heterocycles. The molecular weight excluding hydrogens is 208 g/mol. The van der Waals surface area contributed by atoms with Crippen molar-refractivity contribution in [2.75, 3.05) is 19.8 Å². The number of hydrogen-bond donors (Lipinski definition) is 2. The summed E-state index contributed by atoms with van der Waals surface area (Å²) >= 11 is 0. The van der Waals surface area contributed by atoms with Crippen LogP contribution in [0.2, 0.25) is 0 Å². The summed E-state index contributed by atoms with van der Waals surface area (Å²) in [5.74, 6) is 1.41. The fraction of sp³-hybridized carbons (Fsp3) is 0.500. The molecule has 1 aliphatic rings. The Balaban J connectivity index is 2.10. The van der Waals surface area contributed by atoms with E-state index >= 15 is 0 Å². The van der Waals surface area contributed by atoms with Crippen molar-refractivity contribution in [3.8, 4) is 11.5 Å². The van der Waals surface area contributed by atoms with Crippen molar-refractivity contribution in [2.45, 2.75) is 18.9 Å². The maximum atomic E-state index is 9.85. The second-order valence-electron chi connectivity index (χ2n) is 3.78. The highest BCUT2D eigenvalue weighted by Crippen LogP contribution is 2.33. The van der Waals surface area contributed by atoms with Crippen LogP contribution in [0.3, 0.4) is 0 Å². The van der Waals surface area contributed by atoms with Crippen LogP contribution in [0.1, 0.15) is 24.5 Å². The molecule has 1 atom stereocenters. The van der Waals surface area contributed by atoms with Gasteiger partial charge in [0.1, 0.15) is 13.2 Å². The Morgan fingerprint density at radius 1 is 1.19 bits per heavy atom. The molecule has 0 radical (unpaired) electrons. The maximum absolute atomic E-state index is 9.85. The van der Waals surface area contributed by atoms with E-state index in [9.17, 15) is 5.11 Å². The Kier molecular flexibility index (Phi) is 3.64. The number of fused-ring (bicyclic) bond motifs is 1. The molecular formula is C12H16O4. The van der Waals surface area contributed by atoms with Gasteiger partial charge in [0.05, 0.1) is 6.10 Å². The van der Waals surface area contributed by atoms with Gasteiger partial charge in [-0.2, -0.15) is 0 Å². The van der Waals surface area contributed by atoms with Gasteiger partial charge in [-0.15, -0.1) is 0 Å². The lowest BCUT2D eigenvalue weighted by atomic mass is 10.0. The Hall–Kier alpha value is -1.26. The number of benzene rings is 1. The summed E-state index contributed by atoms with van der Waals surface area (Å²) in [7, 11) is 0. The van der Waals surface area contributed by atoms with Gasteiger partial charge in [-0.25, -0.2) is 0 Å². The minimum atomic E-state index is -0.553. The SMILES string of the molecule is OCCCC(O)c1ccc2c(c1)OCCO2. The van der Waals surface area contributed by atoms with Crippen LogP contribution in [0.4, 0.5) is 0 Å². The van der Waals surface area contributed by atoms with E-state index in [4.69, 9.17) is 14.6 Å². The molecule has 0 bridgehead atoms. The molecule has 0 aliphatic carbocycles. The highest BCUT2D eigenvalue weighted by Gasteiger charge is 2.14. The molecule has 88 valence electrons. The Morgan fingerprint density at radius 2 is 1.94 bits per heavy atom. The minimum absolute atomic E-state index is 0.0988. The summed E-state index contributed by atoms with van der Waals surface area (Å²) in [5.41, 5.74) is 0.803. The van der Waals surface area contributed by atoms with Gasteiger partial charge in [-0.05, 0) is 30.5 Å². The fourth-order valence-electron chi connectivity index (χ4n) is 1.72. The third kappa shape index (κ3) is 2.46. The zero-order valence-corrected chi connectivity index (χ0v) is 9.06. The summed E-state index contributed by atoms with van der Waals surface area (Å²) < 4.78 is 10.8. The first-order valence-corrected chi connectivity index (χ1v) is 5.49. The lowest BCUT2D eigenvalue weighted by Gasteiger charge is -2.20. The Morgan fingerprint density at radius 3 is 2.69 bits per heavy atom. The van der Waals surface area contributed by atoms with Crippen molar-refractivity contribution in [3.63, 3.8) is 0 Å². The van der Waals surface area contributed by atoms with Crippen LogP contribution >= 0.6 is 0 Å². The van der Waals surface area contributed by atoms with E-state index < -0.39 is 6.10 Å². The van der Waals surface area contributed by atoms with Crippen molar-refractivity contribution < 1.29 is 19.7 Å². The molecule has 2 N–H and O–H groups in total. The predicted molar refractivity (Wildman–Crippen MR) is 58.7 cm³/mol. The van der Waals surface area contributed by atoms with Gasteiger partial charge in [-0.1, -0.05) is 6.07 Å². The molecule has 4 heteroatoms. The number of aliphatic hydroxyl groups is 2. The zero-order chi connectivity index (χ0) is 11.4. The van der Waals surface area contributed by atoms with E-state index in [-0.39, 0.29) is 6.61 Å². The molecule has 16 heavy (non-hydrogen) atoms. The molecule has 2 rings (SSSR count). The molecule has 0 spiro atoms. The number of rotatable bonds is 4. The molecule has 0 saturated carbocycles. The van der Waals surface area contributed by atoms with Crippen LogP contribution in [0.15, 0.2) is 18.2 Å². The third-order valence-corrected chi connectivity index (χ3v) is 2.59. The summed E-state index contributed by atoms with van der Waals surface area (Å²) in [6.07, 6.45) is 0.592. The molecule has 1 aromatic rings. The molecule has 0 fully saturated rings. The number of aliphatic hydroxyl groups excluding tert-OH is 2. The van der Waals surface area contributed by atoms with Gasteiger partial charge in [0, 0.05) is 6.61 Å². The van der Waals surface area contributed by atoms with E-state index in [0.717, 1.165) is 11.3 Å². The first-order valence-electron chi connectivity index (χ1n) is 5.49. The quantitative estimate of drug-likeness (QED) is 0.808. The van der Waals surface area contributed by atoms with Crippen LogP contribution in [-0.4, -0.2) is 30.0 Å².